The van der Waals surface area contributed by atoms with E-state index in [1.165, 1.54) is 36.4 Å². The van der Waals surface area contributed by atoms with Gasteiger partial charge < -0.3 is 10.3 Å². The van der Waals surface area contributed by atoms with Crippen LogP contribution in [0.25, 0.3) is 0 Å². The molecule has 0 aliphatic heterocycles. The molecule has 0 aliphatic carbocycles. The summed E-state index contributed by atoms with van der Waals surface area (Å²) in [6, 6.07) is 11.4. The number of amides is 1. The number of anilines is 1. The number of benzene rings is 2. The van der Waals surface area contributed by atoms with E-state index in [4.69, 9.17) is 0 Å². The van der Waals surface area contributed by atoms with E-state index < -0.39 is 26.1 Å². The van der Waals surface area contributed by atoms with Crippen LogP contribution >= 0.6 is 11.8 Å². The van der Waals surface area contributed by atoms with Crippen LogP contribution in [0.3, 0.4) is 0 Å². The first-order valence-electron chi connectivity index (χ1n) is 8.35. The molecule has 2 N–H and O–H groups in total. The second kappa shape index (κ2) is 8.58. The Morgan fingerprint density at radius 3 is 2.41 bits per heavy atom. The van der Waals surface area contributed by atoms with E-state index in [0.29, 0.717) is 5.69 Å². The fourth-order valence-corrected chi connectivity index (χ4v) is 4.21. The lowest BCUT2D eigenvalue weighted by molar-refractivity contribution is -0.113. The minimum Gasteiger partial charge on any atom is -0.325 e. The molecule has 0 atom stereocenters. The Morgan fingerprint density at radius 2 is 1.79 bits per heavy atom. The Morgan fingerprint density at radius 1 is 1.14 bits per heavy atom. The molecule has 3 aromatic rings. The molecule has 0 bridgehead atoms. The van der Waals surface area contributed by atoms with Crippen LogP contribution in [0.2, 0.25) is 0 Å². The van der Waals surface area contributed by atoms with Crippen molar-refractivity contribution in [2.45, 2.75) is 21.9 Å². The summed E-state index contributed by atoms with van der Waals surface area (Å²) < 4.78 is 38.1. The minimum absolute atomic E-state index is 0.00511. The number of aromatic nitrogens is 2. The average Bonchev–Trinajstić information content (AvgIpc) is 2.68. The lowest BCUT2D eigenvalue weighted by Gasteiger charge is -2.06. The maximum atomic E-state index is 12.9. The van der Waals surface area contributed by atoms with E-state index in [1.807, 2.05) is 6.92 Å². The number of carbonyl (C=O) groups is 1. The van der Waals surface area contributed by atoms with Crippen molar-refractivity contribution in [3.05, 3.63) is 76.5 Å². The number of halogens is 1. The first-order chi connectivity index (χ1) is 13.8. The second-order valence-corrected chi connectivity index (χ2v) is 8.92. The molecule has 1 aromatic heterocycles. The number of aromatic amines is 1. The molecule has 0 spiro atoms. The molecule has 0 saturated carbocycles. The summed E-state index contributed by atoms with van der Waals surface area (Å²) in [7, 11) is -4.00. The SMILES string of the molecule is Cc1ccc(S(=O)(=O)c2cnc(SCC(=O)Nc3ccc(F)cc3)[nH]c2=O)cc1. The number of sulfone groups is 1. The third kappa shape index (κ3) is 5.09. The Kier molecular flexibility index (Phi) is 6.14. The molecule has 2 aromatic carbocycles. The zero-order chi connectivity index (χ0) is 21.0. The molecule has 29 heavy (non-hydrogen) atoms. The minimum atomic E-state index is -4.00. The van der Waals surface area contributed by atoms with Crippen molar-refractivity contribution < 1.29 is 17.6 Å². The summed E-state index contributed by atoms with van der Waals surface area (Å²) in [6.45, 7) is 1.82. The summed E-state index contributed by atoms with van der Waals surface area (Å²) in [5, 5.41) is 2.68. The van der Waals surface area contributed by atoms with E-state index in [0.717, 1.165) is 23.5 Å². The highest BCUT2D eigenvalue weighted by Crippen LogP contribution is 2.19. The molecule has 0 fully saturated rings. The number of H-pyrrole nitrogens is 1. The highest BCUT2D eigenvalue weighted by atomic mass is 32.2. The third-order valence-corrected chi connectivity index (χ3v) is 6.48. The maximum absolute atomic E-state index is 12.9. The monoisotopic (exact) mass is 433 g/mol. The first-order valence-corrected chi connectivity index (χ1v) is 10.8. The number of rotatable bonds is 6. The number of carbonyl (C=O) groups excluding carboxylic acids is 1. The van der Waals surface area contributed by atoms with Gasteiger partial charge in [-0.2, -0.15) is 0 Å². The highest BCUT2D eigenvalue weighted by Gasteiger charge is 2.22. The van der Waals surface area contributed by atoms with Gasteiger partial charge in [0.1, 0.15) is 5.82 Å². The third-order valence-electron chi connectivity index (χ3n) is 3.83. The number of nitrogens with zero attached hydrogens (tertiary/aromatic N) is 1. The molecule has 10 heteroatoms. The average molecular weight is 433 g/mol. The van der Waals surface area contributed by atoms with E-state index in [1.54, 1.807) is 12.1 Å². The van der Waals surface area contributed by atoms with Crippen LogP contribution < -0.4 is 10.9 Å². The first kappa shape index (κ1) is 20.7. The molecule has 0 saturated heterocycles. The Hall–Kier alpha value is -2.98. The molecule has 0 aliphatic rings. The molecule has 7 nitrogen and oxygen atoms in total. The number of aryl methyl sites for hydroxylation is 1. The van der Waals surface area contributed by atoms with Gasteiger partial charge in [0.25, 0.3) is 5.56 Å². The van der Waals surface area contributed by atoms with Gasteiger partial charge in [0.05, 0.1) is 16.8 Å². The van der Waals surface area contributed by atoms with Crippen LogP contribution in [0.5, 0.6) is 0 Å². The molecule has 3 rings (SSSR count). The predicted molar refractivity (Wildman–Crippen MR) is 107 cm³/mol. The Labute approximate surface area is 170 Å². The maximum Gasteiger partial charge on any atom is 0.270 e. The van der Waals surface area contributed by atoms with E-state index in [9.17, 15) is 22.4 Å². The lowest BCUT2D eigenvalue weighted by Crippen LogP contribution is -2.20. The van der Waals surface area contributed by atoms with Crippen LogP contribution in [0.15, 0.2) is 74.5 Å². The predicted octanol–water partition coefficient (Wildman–Crippen LogP) is 2.78. The molecular formula is C19H16FN3O4S2. The fourth-order valence-electron chi connectivity index (χ4n) is 2.34. The van der Waals surface area contributed by atoms with Crippen molar-refractivity contribution in [2.75, 3.05) is 11.1 Å². The van der Waals surface area contributed by atoms with Gasteiger partial charge in [-0.25, -0.2) is 17.8 Å². The van der Waals surface area contributed by atoms with Crippen molar-refractivity contribution in [3.8, 4) is 0 Å². The Bertz CT molecular complexity index is 1190. The summed E-state index contributed by atoms with van der Waals surface area (Å²) in [6.07, 6.45) is 0.980. The van der Waals surface area contributed by atoms with Gasteiger partial charge in [0.15, 0.2) is 10.1 Å². The van der Waals surface area contributed by atoms with E-state index in [-0.39, 0.29) is 21.7 Å². The van der Waals surface area contributed by atoms with Crippen molar-refractivity contribution in [1.82, 2.24) is 9.97 Å². The normalized spacial score (nSPS) is 11.2. The zero-order valence-electron chi connectivity index (χ0n) is 15.2. The van der Waals surface area contributed by atoms with Crippen molar-refractivity contribution in [3.63, 3.8) is 0 Å². The molecule has 1 heterocycles. The number of hydrogen-bond donors (Lipinski definition) is 2. The number of thioether (sulfide) groups is 1. The van der Waals surface area contributed by atoms with Crippen LogP contribution in [-0.4, -0.2) is 30.0 Å². The lowest BCUT2D eigenvalue weighted by atomic mass is 10.2. The van der Waals surface area contributed by atoms with Crippen molar-refractivity contribution in [1.29, 1.82) is 0 Å². The van der Waals surface area contributed by atoms with Gasteiger partial charge in [0, 0.05) is 5.69 Å². The molecule has 1 amide bonds. The van der Waals surface area contributed by atoms with E-state index in [2.05, 4.69) is 15.3 Å². The van der Waals surface area contributed by atoms with Crippen molar-refractivity contribution >= 4 is 33.2 Å². The molecule has 0 unspecified atom stereocenters. The van der Waals surface area contributed by atoms with Gasteiger partial charge in [-0.3, -0.25) is 9.59 Å². The van der Waals surface area contributed by atoms with Gasteiger partial charge >= 0.3 is 0 Å². The highest BCUT2D eigenvalue weighted by molar-refractivity contribution is 7.99. The smallest absolute Gasteiger partial charge is 0.270 e. The quantitative estimate of drug-likeness (QED) is 0.457. The molecule has 150 valence electrons. The summed E-state index contributed by atoms with van der Waals surface area (Å²) in [5.74, 6) is -0.884. The van der Waals surface area contributed by atoms with Gasteiger partial charge in [-0.05, 0) is 43.3 Å². The van der Waals surface area contributed by atoms with Crippen LogP contribution in [0.4, 0.5) is 10.1 Å². The van der Waals surface area contributed by atoms with Crippen LogP contribution in [0, 0.1) is 12.7 Å². The zero-order valence-corrected chi connectivity index (χ0v) is 16.8. The topological polar surface area (TPSA) is 109 Å². The summed E-state index contributed by atoms with van der Waals surface area (Å²) >= 11 is 0.935. The van der Waals surface area contributed by atoms with E-state index >= 15 is 0 Å². The van der Waals surface area contributed by atoms with Crippen LogP contribution in [-0.2, 0) is 14.6 Å². The summed E-state index contributed by atoms with van der Waals surface area (Å²) in [5.41, 5.74) is 0.502. The number of hydrogen-bond acceptors (Lipinski definition) is 6. The van der Waals surface area contributed by atoms with Crippen molar-refractivity contribution in [2.24, 2.45) is 0 Å². The molecular weight excluding hydrogens is 417 g/mol. The second-order valence-electron chi connectivity index (χ2n) is 6.04. The molecule has 0 radical (unpaired) electrons. The van der Waals surface area contributed by atoms with Gasteiger partial charge in [-0.15, -0.1) is 0 Å². The summed E-state index contributed by atoms with van der Waals surface area (Å²) in [4.78, 5) is 30.1. The van der Waals surface area contributed by atoms with Crippen LogP contribution in [0.1, 0.15) is 5.56 Å². The van der Waals surface area contributed by atoms with Gasteiger partial charge in [-0.1, -0.05) is 29.5 Å². The van der Waals surface area contributed by atoms with Gasteiger partial charge in [0.2, 0.25) is 15.7 Å². The largest absolute Gasteiger partial charge is 0.325 e. The fraction of sp³-hybridized carbons (Fsp3) is 0.105. The Balaban J connectivity index is 1.69. The standard InChI is InChI=1S/C19H16FN3O4S2/c1-12-2-8-15(9-3-12)29(26,27)16-10-21-19(23-18(16)25)28-11-17(24)22-14-6-4-13(20)5-7-14/h2-10H,11H2,1H3,(H,22,24)(H,21,23,25). The number of nitrogens with one attached hydrogen (secondary N) is 2.